The number of rotatable bonds is 13. The number of aryl methyl sites for hydroxylation is 1. The van der Waals surface area contributed by atoms with E-state index in [0.29, 0.717) is 25.2 Å². The fraction of sp³-hybridized carbons (Fsp3) is 0.385. The number of unbranched alkanes of at least 4 members (excludes halogenated alkanes) is 3. The van der Waals surface area contributed by atoms with Crippen molar-refractivity contribution in [3.05, 3.63) is 62.0 Å². The Hall–Kier alpha value is -2.30. The van der Waals surface area contributed by atoms with Crippen LogP contribution in [0.2, 0.25) is 0 Å². The maximum absolute atomic E-state index is 11.1. The van der Waals surface area contributed by atoms with E-state index in [1.807, 2.05) is 36.4 Å². The van der Waals surface area contributed by atoms with Crippen LogP contribution in [0.5, 0.6) is 5.75 Å². The highest BCUT2D eigenvalue weighted by atomic mass is 79.9. The lowest BCUT2D eigenvalue weighted by atomic mass is 9.97. The third kappa shape index (κ3) is 10.9. The fourth-order valence-corrected chi connectivity index (χ4v) is 4.69. The molecule has 0 aliphatic carbocycles. The minimum atomic E-state index is -0.854. The second-order valence-electron chi connectivity index (χ2n) is 7.65. The Kier molecular flexibility index (Phi) is 12.1. The van der Waals surface area contributed by atoms with Gasteiger partial charge in [0, 0.05) is 33.8 Å². The molecule has 33 heavy (non-hydrogen) atoms. The van der Waals surface area contributed by atoms with Gasteiger partial charge in [-0.2, -0.15) is 0 Å². The summed E-state index contributed by atoms with van der Waals surface area (Å²) in [6.45, 7) is 0.295. The lowest BCUT2D eigenvalue weighted by Gasteiger charge is -2.15. The van der Waals surface area contributed by atoms with Crippen LogP contribution in [-0.4, -0.2) is 28.8 Å². The van der Waals surface area contributed by atoms with E-state index in [2.05, 4.69) is 43.7 Å². The van der Waals surface area contributed by atoms with Gasteiger partial charge in [0.15, 0.2) is 0 Å². The van der Waals surface area contributed by atoms with Crippen LogP contribution in [0.15, 0.2) is 45.3 Å². The number of carboxylic acids is 2. The molecule has 2 rings (SSSR count). The first-order chi connectivity index (χ1) is 15.8. The molecule has 2 N–H and O–H groups in total. The molecule has 0 aliphatic rings. The molecule has 0 radical (unpaired) electrons. The summed E-state index contributed by atoms with van der Waals surface area (Å²) in [5.41, 5.74) is 2.98. The molecule has 2 aromatic carbocycles. The van der Waals surface area contributed by atoms with Gasteiger partial charge in [0.25, 0.3) is 0 Å². The van der Waals surface area contributed by atoms with E-state index in [-0.39, 0.29) is 12.8 Å². The smallest absolute Gasteiger partial charge is 0.303 e. The van der Waals surface area contributed by atoms with E-state index >= 15 is 0 Å². The summed E-state index contributed by atoms with van der Waals surface area (Å²) in [6, 6.07) is 11.7. The summed E-state index contributed by atoms with van der Waals surface area (Å²) >= 11 is 6.94. The first-order valence-electron chi connectivity index (χ1n) is 11.0. The zero-order valence-electron chi connectivity index (χ0n) is 18.4. The second kappa shape index (κ2) is 14.8. The maximum Gasteiger partial charge on any atom is 0.303 e. The Morgan fingerprint density at radius 3 is 2.30 bits per heavy atom. The summed E-state index contributed by atoms with van der Waals surface area (Å²) in [7, 11) is 0. The van der Waals surface area contributed by atoms with Gasteiger partial charge in [0.2, 0.25) is 0 Å². The van der Waals surface area contributed by atoms with E-state index in [9.17, 15) is 9.59 Å². The number of hydrogen-bond acceptors (Lipinski definition) is 3. The molecule has 0 amide bonds. The van der Waals surface area contributed by atoms with Crippen molar-refractivity contribution >= 4 is 43.8 Å². The van der Waals surface area contributed by atoms with Gasteiger partial charge in [-0.25, -0.2) is 0 Å². The standard InChI is InChI=1S/C26H28Br2O5/c27-21-16-19(17-22(28)18-21)8-4-2-1-3-5-9-20-10-6-11-24(23(20)13-14-26(31)32)33-15-7-12-25(29)30/h6,10-11,16-18H,1-3,5,7,9,12-15H2,(H,29,30)(H,31,32). The fourth-order valence-electron chi connectivity index (χ4n) is 3.40. The number of ether oxygens (including phenoxy) is 1. The number of hydrogen-bond donors (Lipinski definition) is 2. The Labute approximate surface area is 211 Å². The minimum Gasteiger partial charge on any atom is -0.493 e. The lowest BCUT2D eigenvalue weighted by Crippen LogP contribution is -2.07. The molecule has 0 saturated carbocycles. The van der Waals surface area contributed by atoms with E-state index in [1.54, 1.807) is 0 Å². The van der Waals surface area contributed by atoms with Crippen molar-refractivity contribution in [3.8, 4) is 17.6 Å². The van der Waals surface area contributed by atoms with Crippen molar-refractivity contribution in [2.45, 2.75) is 57.8 Å². The van der Waals surface area contributed by atoms with E-state index < -0.39 is 11.9 Å². The third-order valence-electron chi connectivity index (χ3n) is 4.95. The molecule has 2 aromatic rings. The molecule has 7 heteroatoms. The molecular weight excluding hydrogens is 552 g/mol. The van der Waals surface area contributed by atoms with Crippen LogP contribution in [0.3, 0.4) is 0 Å². The van der Waals surface area contributed by atoms with Crippen LogP contribution in [0.1, 0.15) is 61.6 Å². The third-order valence-corrected chi connectivity index (χ3v) is 5.87. The first-order valence-corrected chi connectivity index (χ1v) is 12.6. The number of aliphatic carboxylic acids is 2. The Morgan fingerprint density at radius 1 is 0.879 bits per heavy atom. The average Bonchev–Trinajstić information content (AvgIpc) is 2.74. The van der Waals surface area contributed by atoms with E-state index in [4.69, 9.17) is 14.9 Å². The molecule has 0 bridgehead atoms. The summed E-state index contributed by atoms with van der Waals surface area (Å²) in [5.74, 6) is 5.37. The van der Waals surface area contributed by atoms with E-state index in [1.165, 1.54) is 0 Å². The molecular formula is C26H28Br2O5. The molecule has 0 aliphatic heterocycles. The summed E-state index contributed by atoms with van der Waals surface area (Å²) in [4.78, 5) is 21.8. The van der Waals surface area contributed by atoms with Crippen molar-refractivity contribution in [1.82, 2.24) is 0 Å². The predicted octanol–water partition coefficient (Wildman–Crippen LogP) is 6.63. The second-order valence-corrected chi connectivity index (χ2v) is 9.49. The van der Waals surface area contributed by atoms with Crippen molar-refractivity contribution in [2.24, 2.45) is 0 Å². The van der Waals surface area contributed by atoms with Crippen LogP contribution < -0.4 is 4.74 Å². The molecule has 5 nitrogen and oxygen atoms in total. The van der Waals surface area contributed by atoms with Crippen LogP contribution in [0.25, 0.3) is 0 Å². The van der Waals surface area contributed by atoms with Gasteiger partial charge in [-0.05, 0) is 67.5 Å². The van der Waals surface area contributed by atoms with Gasteiger partial charge in [-0.15, -0.1) is 0 Å². The van der Waals surface area contributed by atoms with Crippen LogP contribution in [-0.2, 0) is 22.4 Å². The number of benzene rings is 2. The maximum atomic E-state index is 11.1. The van der Waals surface area contributed by atoms with Gasteiger partial charge in [0.05, 0.1) is 6.61 Å². The highest BCUT2D eigenvalue weighted by Crippen LogP contribution is 2.26. The van der Waals surface area contributed by atoms with Crippen molar-refractivity contribution in [3.63, 3.8) is 0 Å². The van der Waals surface area contributed by atoms with Crippen molar-refractivity contribution < 1.29 is 24.5 Å². The largest absolute Gasteiger partial charge is 0.493 e. The quantitative estimate of drug-likeness (QED) is 0.206. The van der Waals surface area contributed by atoms with Gasteiger partial charge >= 0.3 is 11.9 Å². The average molecular weight is 580 g/mol. The van der Waals surface area contributed by atoms with Crippen LogP contribution in [0.4, 0.5) is 0 Å². The highest BCUT2D eigenvalue weighted by molar-refractivity contribution is 9.11. The van der Waals surface area contributed by atoms with Crippen LogP contribution in [0, 0.1) is 11.8 Å². The molecule has 0 unspecified atom stereocenters. The normalized spacial score (nSPS) is 10.4. The number of carbonyl (C=O) groups is 2. The van der Waals surface area contributed by atoms with Gasteiger partial charge in [-0.3, -0.25) is 9.59 Å². The summed E-state index contributed by atoms with van der Waals surface area (Å²) in [5, 5.41) is 17.9. The van der Waals surface area contributed by atoms with Gasteiger partial charge < -0.3 is 14.9 Å². The molecule has 0 heterocycles. The van der Waals surface area contributed by atoms with Crippen LogP contribution >= 0.6 is 31.9 Å². The minimum absolute atomic E-state index is 0.0316. The molecule has 0 spiro atoms. The monoisotopic (exact) mass is 578 g/mol. The van der Waals surface area contributed by atoms with Gasteiger partial charge in [0.1, 0.15) is 5.75 Å². The van der Waals surface area contributed by atoms with Crippen molar-refractivity contribution in [1.29, 1.82) is 0 Å². The molecule has 0 aromatic heterocycles. The van der Waals surface area contributed by atoms with E-state index in [0.717, 1.165) is 57.7 Å². The number of carboxylic acid groups (broad SMARTS) is 2. The Morgan fingerprint density at radius 2 is 1.61 bits per heavy atom. The molecule has 176 valence electrons. The zero-order valence-corrected chi connectivity index (χ0v) is 21.6. The predicted molar refractivity (Wildman–Crippen MR) is 136 cm³/mol. The lowest BCUT2D eigenvalue weighted by molar-refractivity contribution is -0.138. The topological polar surface area (TPSA) is 83.8 Å². The Bertz CT molecular complexity index is 987. The SMILES string of the molecule is O=C(O)CCCOc1cccc(CCCCCC#Cc2cc(Br)cc(Br)c2)c1CCC(=O)O. The zero-order chi connectivity index (χ0) is 24.1. The summed E-state index contributed by atoms with van der Waals surface area (Å²) < 4.78 is 7.78. The van der Waals surface area contributed by atoms with Gasteiger partial charge in [-0.1, -0.05) is 62.3 Å². The Balaban J connectivity index is 1.87. The number of halogens is 2. The molecule has 0 fully saturated rings. The molecule has 0 saturated heterocycles. The molecule has 0 atom stereocenters. The first kappa shape index (κ1) is 26.9. The highest BCUT2D eigenvalue weighted by Gasteiger charge is 2.12. The van der Waals surface area contributed by atoms with Crippen molar-refractivity contribution in [2.75, 3.05) is 6.61 Å². The summed E-state index contributed by atoms with van der Waals surface area (Å²) in [6.07, 6.45) is 5.55.